The van der Waals surface area contributed by atoms with Gasteiger partial charge >= 0.3 is 0 Å². The molecule has 0 nitrogen and oxygen atoms in total. The molecule has 3 aromatic rings. The molecule has 0 heterocycles. The molecule has 0 bridgehead atoms. The molecule has 0 atom stereocenters. The van der Waals surface area contributed by atoms with Gasteiger partial charge in [-0.1, -0.05) is 70.8 Å². The van der Waals surface area contributed by atoms with Gasteiger partial charge in [0.25, 0.3) is 0 Å². The number of hydrogen-bond acceptors (Lipinski definition) is 0. The number of halogens is 2. The lowest BCUT2D eigenvalue weighted by Gasteiger charge is -2.28. The van der Waals surface area contributed by atoms with Crippen LogP contribution in [-0.2, 0) is 0 Å². The molecule has 0 aliphatic carbocycles. The predicted molar refractivity (Wildman–Crippen MR) is 109 cm³/mol. The topological polar surface area (TPSA) is 0 Å². The minimum Gasteiger partial charge on any atom is -0.207 e. The molecule has 128 valence electrons. The maximum atomic E-state index is 13.5. The molecule has 0 unspecified atom stereocenters. The van der Waals surface area contributed by atoms with E-state index in [9.17, 15) is 4.39 Å². The van der Waals surface area contributed by atoms with Crippen LogP contribution in [0.5, 0.6) is 0 Å². The van der Waals surface area contributed by atoms with Crippen molar-refractivity contribution in [3.8, 4) is 0 Å². The average molecular weight is 369 g/mol. The van der Waals surface area contributed by atoms with Crippen molar-refractivity contribution in [3.05, 3.63) is 88.7 Å². The molecule has 3 rings (SSSR count). The first-order valence-corrected chi connectivity index (χ1v) is 11.4. The molecule has 0 aromatic heterocycles. The highest BCUT2D eigenvalue weighted by molar-refractivity contribution is 7.40. The maximum Gasteiger partial charge on any atom is 0.247 e. The summed E-state index contributed by atoms with van der Waals surface area (Å²) < 4.78 is 13.5. The molecule has 0 amide bonds. The van der Waals surface area contributed by atoms with Crippen LogP contribution in [-0.4, -0.2) is 7.38 Å². The van der Waals surface area contributed by atoms with Crippen molar-refractivity contribution in [1.29, 1.82) is 0 Å². The third kappa shape index (κ3) is 3.56. The molecule has 25 heavy (non-hydrogen) atoms. The van der Waals surface area contributed by atoms with Gasteiger partial charge in [0.15, 0.2) is 0 Å². The van der Waals surface area contributed by atoms with E-state index in [1.54, 1.807) is 0 Å². The Morgan fingerprint density at radius 2 is 0.960 bits per heavy atom. The van der Waals surface area contributed by atoms with Gasteiger partial charge in [-0.2, -0.15) is 0 Å². The Labute approximate surface area is 155 Å². The molecule has 0 radical (unpaired) electrons. The second kappa shape index (κ2) is 6.78. The standard InChI is InChI=1S/C22H22ClFSi/c1-15-9-16(2)12-21(11-15)25(23,20-7-5-19(24)6-8-20)22-13-17(3)10-18(4)14-22/h5-14H,1-4H3. The van der Waals surface area contributed by atoms with Crippen LogP contribution >= 0.6 is 11.1 Å². The Morgan fingerprint density at radius 3 is 1.32 bits per heavy atom. The maximum absolute atomic E-state index is 13.5. The van der Waals surface area contributed by atoms with Crippen LogP contribution in [0.1, 0.15) is 22.3 Å². The summed E-state index contributed by atoms with van der Waals surface area (Å²) in [6.45, 7) is 8.37. The van der Waals surface area contributed by atoms with Crippen LogP contribution < -0.4 is 15.6 Å². The highest BCUT2D eigenvalue weighted by Gasteiger charge is 2.38. The van der Waals surface area contributed by atoms with Gasteiger partial charge < -0.3 is 0 Å². The Morgan fingerprint density at radius 1 is 0.600 bits per heavy atom. The first-order valence-electron chi connectivity index (χ1n) is 8.41. The first-order chi connectivity index (χ1) is 11.8. The molecule has 0 spiro atoms. The summed E-state index contributed by atoms with van der Waals surface area (Å²) in [6, 6.07) is 19.7. The third-order valence-electron chi connectivity index (χ3n) is 4.48. The van der Waals surface area contributed by atoms with Gasteiger partial charge in [-0.15, -0.1) is 11.1 Å². The molecule has 0 saturated heterocycles. The Bertz CT molecular complexity index is 824. The van der Waals surface area contributed by atoms with Crippen molar-refractivity contribution in [2.75, 3.05) is 0 Å². The monoisotopic (exact) mass is 368 g/mol. The van der Waals surface area contributed by atoms with E-state index in [4.69, 9.17) is 11.1 Å². The van der Waals surface area contributed by atoms with Crippen LogP contribution in [0.4, 0.5) is 4.39 Å². The number of benzene rings is 3. The zero-order chi connectivity index (χ0) is 18.2. The van der Waals surface area contributed by atoms with Crippen LogP contribution in [0.3, 0.4) is 0 Å². The summed E-state index contributed by atoms with van der Waals surface area (Å²) in [5.74, 6) is -0.238. The van der Waals surface area contributed by atoms with E-state index in [-0.39, 0.29) is 5.82 Å². The Balaban J connectivity index is 2.32. The third-order valence-corrected chi connectivity index (χ3v) is 9.74. The first kappa shape index (κ1) is 17.9. The fourth-order valence-electron chi connectivity index (χ4n) is 3.53. The average Bonchev–Trinajstić information content (AvgIpc) is 2.53. The number of rotatable bonds is 3. The van der Waals surface area contributed by atoms with Crippen molar-refractivity contribution in [3.63, 3.8) is 0 Å². The van der Waals surface area contributed by atoms with Crippen LogP contribution in [0, 0.1) is 33.5 Å². The van der Waals surface area contributed by atoms with E-state index in [2.05, 4.69) is 64.1 Å². The summed E-state index contributed by atoms with van der Waals surface area (Å²) in [6.07, 6.45) is 0. The molecule has 0 N–H and O–H groups in total. The molecule has 0 saturated carbocycles. The molecular weight excluding hydrogens is 347 g/mol. The second-order valence-electron chi connectivity index (χ2n) is 6.92. The normalized spacial score (nSPS) is 11.6. The lowest BCUT2D eigenvalue weighted by Crippen LogP contribution is -2.63. The summed E-state index contributed by atoms with van der Waals surface area (Å²) >= 11 is 7.47. The van der Waals surface area contributed by atoms with Crippen molar-refractivity contribution < 1.29 is 4.39 Å². The van der Waals surface area contributed by atoms with E-state index in [0.717, 1.165) is 15.6 Å². The molecule has 0 aliphatic rings. The lowest BCUT2D eigenvalue weighted by atomic mass is 10.2. The Kier molecular flexibility index (Phi) is 4.85. The lowest BCUT2D eigenvalue weighted by molar-refractivity contribution is 0.628. The zero-order valence-corrected chi connectivity index (χ0v) is 16.8. The smallest absolute Gasteiger partial charge is 0.207 e. The predicted octanol–water partition coefficient (Wildman–Crippen LogP) is 4.27. The summed E-state index contributed by atoms with van der Waals surface area (Å²) in [4.78, 5) is 0. The van der Waals surface area contributed by atoms with Crippen molar-refractivity contribution in [1.82, 2.24) is 0 Å². The van der Waals surface area contributed by atoms with E-state index in [0.29, 0.717) is 0 Å². The molecular formula is C22H22ClFSi. The minimum atomic E-state index is -2.72. The molecule has 3 aromatic carbocycles. The molecule has 0 fully saturated rings. The summed E-state index contributed by atoms with van der Waals surface area (Å²) in [5, 5.41) is 3.29. The largest absolute Gasteiger partial charge is 0.247 e. The van der Waals surface area contributed by atoms with E-state index in [1.807, 2.05) is 12.1 Å². The second-order valence-corrected chi connectivity index (χ2v) is 11.7. The summed E-state index contributed by atoms with van der Waals surface area (Å²) in [5.41, 5.74) is 4.77. The van der Waals surface area contributed by atoms with Crippen LogP contribution in [0.2, 0.25) is 0 Å². The van der Waals surface area contributed by atoms with Crippen molar-refractivity contribution in [2.24, 2.45) is 0 Å². The van der Waals surface area contributed by atoms with Gasteiger partial charge in [0.05, 0.1) is 0 Å². The highest BCUT2D eigenvalue weighted by atomic mass is 35.6. The van der Waals surface area contributed by atoms with Crippen molar-refractivity contribution >= 4 is 34.0 Å². The van der Waals surface area contributed by atoms with E-state index >= 15 is 0 Å². The SMILES string of the molecule is Cc1cc(C)cc([Si](Cl)(c2ccc(F)cc2)c2cc(C)cc(C)c2)c1. The van der Waals surface area contributed by atoms with Gasteiger partial charge in [0.2, 0.25) is 7.38 Å². The van der Waals surface area contributed by atoms with Gasteiger partial charge in [-0.05, 0) is 55.4 Å². The quantitative estimate of drug-likeness (QED) is 0.368. The minimum absolute atomic E-state index is 0.238. The van der Waals surface area contributed by atoms with Crippen LogP contribution in [0.15, 0.2) is 60.7 Å². The van der Waals surface area contributed by atoms with Crippen molar-refractivity contribution in [2.45, 2.75) is 27.7 Å². The van der Waals surface area contributed by atoms with Crippen LogP contribution in [0.25, 0.3) is 0 Å². The number of aryl methyl sites for hydroxylation is 4. The summed E-state index contributed by atoms with van der Waals surface area (Å²) in [7, 11) is -2.72. The zero-order valence-electron chi connectivity index (χ0n) is 15.0. The number of hydrogen-bond donors (Lipinski definition) is 0. The van der Waals surface area contributed by atoms with E-state index < -0.39 is 7.38 Å². The Hall–Kier alpha value is -1.90. The van der Waals surface area contributed by atoms with Gasteiger partial charge in [0, 0.05) is 0 Å². The molecule has 3 heteroatoms. The van der Waals surface area contributed by atoms with Gasteiger partial charge in [-0.25, -0.2) is 4.39 Å². The van der Waals surface area contributed by atoms with E-state index in [1.165, 1.54) is 34.4 Å². The fraction of sp³-hybridized carbons (Fsp3) is 0.182. The van der Waals surface area contributed by atoms with Gasteiger partial charge in [-0.3, -0.25) is 0 Å². The highest BCUT2D eigenvalue weighted by Crippen LogP contribution is 2.16. The van der Waals surface area contributed by atoms with Gasteiger partial charge in [0.1, 0.15) is 5.82 Å². The fourth-order valence-corrected chi connectivity index (χ4v) is 7.89. The molecule has 0 aliphatic heterocycles.